The molecule has 3 N–H and O–H groups in total. The molecule has 1 saturated carbocycles. The molecule has 0 radical (unpaired) electrons. The third-order valence-electron chi connectivity index (χ3n) is 6.86. The Kier molecular flexibility index (Phi) is 8.11. The van der Waals surface area contributed by atoms with E-state index >= 15 is 0 Å². The zero-order chi connectivity index (χ0) is 25.5. The van der Waals surface area contributed by atoms with Crippen LogP contribution >= 0.6 is 11.3 Å². The minimum absolute atomic E-state index is 0.0114. The maximum absolute atomic E-state index is 13.3. The second kappa shape index (κ2) is 11.4. The van der Waals surface area contributed by atoms with E-state index in [2.05, 4.69) is 10.3 Å². The Hall–Kier alpha value is -3.57. The van der Waals surface area contributed by atoms with Gasteiger partial charge in [-0.1, -0.05) is 30.3 Å². The first-order valence-corrected chi connectivity index (χ1v) is 12.5. The van der Waals surface area contributed by atoms with Crippen LogP contribution in [-0.2, 0) is 25.8 Å². The highest BCUT2D eigenvalue weighted by Crippen LogP contribution is 2.46. The van der Waals surface area contributed by atoms with Crippen molar-refractivity contribution in [3.63, 3.8) is 0 Å². The number of pyridine rings is 1. The van der Waals surface area contributed by atoms with Gasteiger partial charge in [0.15, 0.2) is 0 Å². The molecular formula is C25H28N4O6S. The molecule has 0 bridgehead atoms. The normalized spacial score (nSPS) is 20.4. The second-order valence-electron chi connectivity index (χ2n) is 9.03. The molecule has 1 aromatic carbocycles. The molecule has 11 heteroatoms. The molecule has 36 heavy (non-hydrogen) atoms. The Morgan fingerprint density at radius 1 is 1.25 bits per heavy atom. The SMILES string of the molecule is NC[C@@H](C(=O)Nc1cc2ccncc2s1)C1(CO[N+](=O)[O-])CCC(C(=O)OCc2ccccc2)CC1. The number of carbonyl (C=O) groups excluding carboxylic acids is 2. The summed E-state index contributed by atoms with van der Waals surface area (Å²) in [7, 11) is 0. The van der Waals surface area contributed by atoms with Crippen molar-refractivity contribution < 1.29 is 24.3 Å². The lowest BCUT2D eigenvalue weighted by Crippen LogP contribution is -2.48. The van der Waals surface area contributed by atoms with Crippen molar-refractivity contribution in [1.82, 2.24) is 4.98 Å². The average molecular weight is 513 g/mol. The van der Waals surface area contributed by atoms with E-state index in [1.54, 1.807) is 12.4 Å². The summed E-state index contributed by atoms with van der Waals surface area (Å²) in [5, 5.41) is 14.7. The number of benzene rings is 1. The van der Waals surface area contributed by atoms with Crippen LogP contribution in [0.4, 0.5) is 5.00 Å². The summed E-state index contributed by atoms with van der Waals surface area (Å²) in [5.41, 5.74) is 6.07. The van der Waals surface area contributed by atoms with Crippen molar-refractivity contribution in [2.75, 3.05) is 18.5 Å². The third-order valence-corrected chi connectivity index (χ3v) is 7.86. The van der Waals surface area contributed by atoms with Gasteiger partial charge in [0.2, 0.25) is 5.91 Å². The summed E-state index contributed by atoms with van der Waals surface area (Å²) < 4.78 is 6.42. The Labute approximate surface area is 211 Å². The van der Waals surface area contributed by atoms with E-state index < -0.39 is 16.4 Å². The van der Waals surface area contributed by atoms with Crippen molar-refractivity contribution in [2.24, 2.45) is 23.0 Å². The lowest BCUT2D eigenvalue weighted by atomic mass is 9.63. The first-order valence-electron chi connectivity index (χ1n) is 11.7. The van der Waals surface area contributed by atoms with Crippen molar-refractivity contribution in [1.29, 1.82) is 0 Å². The molecule has 1 aliphatic rings. The molecule has 0 saturated heterocycles. The predicted molar refractivity (Wildman–Crippen MR) is 134 cm³/mol. The average Bonchev–Trinajstić information content (AvgIpc) is 3.30. The Balaban J connectivity index is 1.44. The number of carbonyl (C=O) groups is 2. The van der Waals surface area contributed by atoms with E-state index in [1.165, 1.54) is 11.3 Å². The van der Waals surface area contributed by atoms with Crippen LogP contribution in [0.25, 0.3) is 10.1 Å². The standard InChI is InChI=1S/C25H28N4O6S/c26-13-20(23(30)28-22-12-19-8-11-27-14-21(19)36-22)25(16-35-29(32)33)9-6-18(7-10-25)24(31)34-15-17-4-2-1-3-5-17/h1-5,8,11-12,14,18,20H,6-7,9-10,13,15-16,26H2,(H,28,30)/t18?,20-,25?/m0/s1. The molecule has 10 nitrogen and oxygen atoms in total. The molecule has 4 rings (SSSR count). The van der Waals surface area contributed by atoms with Gasteiger partial charge >= 0.3 is 5.97 Å². The van der Waals surface area contributed by atoms with Gasteiger partial charge in [-0.2, -0.15) is 0 Å². The number of aromatic nitrogens is 1. The lowest BCUT2D eigenvalue weighted by Gasteiger charge is -2.43. The summed E-state index contributed by atoms with van der Waals surface area (Å²) in [6.07, 6.45) is 4.99. The molecule has 3 aromatic rings. The van der Waals surface area contributed by atoms with Crippen LogP contribution in [0.1, 0.15) is 31.2 Å². The number of nitrogens with one attached hydrogen (secondary N) is 1. The highest BCUT2D eigenvalue weighted by atomic mass is 32.1. The molecule has 0 spiro atoms. The highest BCUT2D eigenvalue weighted by molar-refractivity contribution is 7.22. The van der Waals surface area contributed by atoms with Gasteiger partial charge in [-0.25, -0.2) is 0 Å². The molecule has 1 fully saturated rings. The van der Waals surface area contributed by atoms with Gasteiger partial charge in [-0.05, 0) is 48.8 Å². The summed E-state index contributed by atoms with van der Waals surface area (Å²) in [6.45, 7) is -0.0931. The number of nitrogens with two attached hydrogens (primary N) is 1. The van der Waals surface area contributed by atoms with Crippen molar-refractivity contribution in [3.8, 4) is 0 Å². The topological polar surface area (TPSA) is 147 Å². The third kappa shape index (κ3) is 5.97. The van der Waals surface area contributed by atoms with Gasteiger partial charge < -0.3 is 20.6 Å². The fourth-order valence-corrected chi connectivity index (χ4v) is 5.77. The number of ether oxygens (including phenoxy) is 1. The Morgan fingerprint density at radius 3 is 2.67 bits per heavy atom. The largest absolute Gasteiger partial charge is 0.461 e. The van der Waals surface area contributed by atoms with Crippen LogP contribution in [0.15, 0.2) is 54.9 Å². The molecule has 1 amide bonds. The molecule has 0 aliphatic heterocycles. The first-order chi connectivity index (χ1) is 17.4. The van der Waals surface area contributed by atoms with Crippen molar-refractivity contribution in [2.45, 2.75) is 32.3 Å². The number of esters is 1. The minimum Gasteiger partial charge on any atom is -0.461 e. The molecule has 1 atom stereocenters. The zero-order valence-electron chi connectivity index (χ0n) is 19.6. The lowest BCUT2D eigenvalue weighted by molar-refractivity contribution is -0.761. The Morgan fingerprint density at radius 2 is 2.00 bits per heavy atom. The summed E-state index contributed by atoms with van der Waals surface area (Å²) in [4.78, 5) is 45.9. The van der Waals surface area contributed by atoms with E-state index in [0.29, 0.717) is 30.7 Å². The van der Waals surface area contributed by atoms with Gasteiger partial charge in [0.1, 0.15) is 13.2 Å². The van der Waals surface area contributed by atoms with Gasteiger partial charge in [0.25, 0.3) is 5.09 Å². The fraction of sp³-hybridized carbons (Fsp3) is 0.400. The molecular weight excluding hydrogens is 484 g/mol. The fourth-order valence-electron chi connectivity index (χ4n) is 4.84. The zero-order valence-corrected chi connectivity index (χ0v) is 20.4. The molecule has 190 valence electrons. The van der Waals surface area contributed by atoms with E-state index in [-0.39, 0.29) is 37.6 Å². The van der Waals surface area contributed by atoms with E-state index in [9.17, 15) is 19.7 Å². The number of nitrogens with zero attached hydrogens (tertiary/aromatic N) is 2. The number of rotatable bonds is 10. The van der Waals surface area contributed by atoms with Crippen molar-refractivity contribution >= 4 is 38.3 Å². The minimum atomic E-state index is -0.875. The quantitative estimate of drug-likeness (QED) is 0.236. The van der Waals surface area contributed by atoms with Crippen LogP contribution < -0.4 is 11.1 Å². The number of hydrogen-bond acceptors (Lipinski definition) is 9. The molecule has 2 heterocycles. The van der Waals surface area contributed by atoms with Gasteiger partial charge in [-0.3, -0.25) is 14.6 Å². The maximum atomic E-state index is 13.3. The summed E-state index contributed by atoms with van der Waals surface area (Å²) >= 11 is 1.39. The monoisotopic (exact) mass is 512 g/mol. The maximum Gasteiger partial charge on any atom is 0.309 e. The number of amides is 1. The van der Waals surface area contributed by atoms with Crippen LogP contribution in [0.5, 0.6) is 0 Å². The molecule has 0 unspecified atom stereocenters. The van der Waals surface area contributed by atoms with Gasteiger partial charge in [0, 0.05) is 24.4 Å². The number of thiophene rings is 1. The number of hydrogen-bond donors (Lipinski definition) is 2. The smallest absolute Gasteiger partial charge is 0.309 e. The van der Waals surface area contributed by atoms with E-state index in [1.807, 2.05) is 42.5 Å². The molecule has 2 aromatic heterocycles. The van der Waals surface area contributed by atoms with Crippen LogP contribution in [0.2, 0.25) is 0 Å². The van der Waals surface area contributed by atoms with Crippen molar-refractivity contribution in [3.05, 3.63) is 70.5 Å². The summed E-state index contributed by atoms with van der Waals surface area (Å²) in [5.74, 6) is -1.72. The summed E-state index contributed by atoms with van der Waals surface area (Å²) in [6, 6.07) is 13.1. The number of fused-ring (bicyclic) bond motifs is 1. The van der Waals surface area contributed by atoms with Gasteiger partial charge in [0.05, 0.1) is 21.5 Å². The first kappa shape index (κ1) is 25.5. The van der Waals surface area contributed by atoms with Crippen LogP contribution in [0.3, 0.4) is 0 Å². The van der Waals surface area contributed by atoms with E-state index in [0.717, 1.165) is 15.6 Å². The molecule has 1 aliphatic carbocycles. The Bertz CT molecular complexity index is 1180. The van der Waals surface area contributed by atoms with Crippen LogP contribution in [0, 0.1) is 27.4 Å². The van der Waals surface area contributed by atoms with E-state index in [4.69, 9.17) is 15.3 Å². The highest BCUT2D eigenvalue weighted by Gasteiger charge is 2.47. The van der Waals surface area contributed by atoms with Crippen LogP contribution in [-0.4, -0.2) is 35.1 Å². The second-order valence-corrected chi connectivity index (χ2v) is 10.1. The number of anilines is 1. The predicted octanol–water partition coefficient (Wildman–Crippen LogP) is 3.94. The van der Waals surface area contributed by atoms with Gasteiger partial charge in [-0.15, -0.1) is 21.5 Å².